The molecular formula is C4H6O6Si. The van der Waals surface area contributed by atoms with Crippen molar-refractivity contribution in [1.82, 2.24) is 0 Å². The Morgan fingerprint density at radius 2 is 1.18 bits per heavy atom. The van der Waals surface area contributed by atoms with Gasteiger partial charge < -0.3 is 13.3 Å². The Kier molecular flexibility index (Phi) is 3.89. The summed E-state index contributed by atoms with van der Waals surface area (Å²) in [6, 6.07) is 0. The summed E-state index contributed by atoms with van der Waals surface area (Å²) >= 11 is 0. The Hall–Kier alpha value is -1.37. The second kappa shape index (κ2) is 4.44. The number of hydrogen-bond donors (Lipinski definition) is 0. The number of carbonyl (C=O) groups is 3. The molecule has 0 saturated carbocycles. The Morgan fingerprint density at radius 3 is 1.36 bits per heavy atom. The van der Waals surface area contributed by atoms with Crippen LogP contribution >= 0.6 is 0 Å². The smallest absolute Gasteiger partial charge is 0.458 e. The fourth-order valence-electron chi connectivity index (χ4n) is 0.346. The lowest BCUT2D eigenvalue weighted by atomic mass is 11.7. The van der Waals surface area contributed by atoms with Crippen molar-refractivity contribution in [2.45, 2.75) is 6.55 Å². The maximum absolute atomic E-state index is 9.79. The van der Waals surface area contributed by atoms with Crippen molar-refractivity contribution < 1.29 is 27.7 Å². The van der Waals surface area contributed by atoms with Crippen molar-refractivity contribution in [2.75, 3.05) is 0 Å². The van der Waals surface area contributed by atoms with Crippen molar-refractivity contribution in [3.8, 4) is 0 Å². The lowest BCUT2D eigenvalue weighted by Gasteiger charge is -2.16. The van der Waals surface area contributed by atoms with Crippen LogP contribution < -0.4 is 0 Å². The second-order valence-electron chi connectivity index (χ2n) is 1.50. The number of rotatable bonds is 6. The molecular weight excluding hydrogens is 172 g/mol. The molecule has 0 amide bonds. The molecule has 0 aliphatic carbocycles. The quantitative estimate of drug-likeness (QED) is 0.386. The Bertz CT molecular complexity index is 130. The third-order valence-electron chi connectivity index (χ3n) is 0.787. The molecule has 0 aromatic heterocycles. The normalized spacial score (nSPS) is 9.55. The Balaban J connectivity index is 4.09. The van der Waals surface area contributed by atoms with Gasteiger partial charge in [0.15, 0.2) is 0 Å². The third-order valence-corrected chi connectivity index (χ3v) is 2.36. The summed E-state index contributed by atoms with van der Waals surface area (Å²) in [5, 5.41) is 0. The minimum Gasteiger partial charge on any atom is -0.458 e. The van der Waals surface area contributed by atoms with E-state index in [4.69, 9.17) is 0 Å². The predicted molar refractivity (Wildman–Crippen MR) is 33.1 cm³/mol. The molecule has 0 spiro atoms. The molecule has 0 unspecified atom stereocenters. The molecule has 0 aromatic rings. The molecule has 0 radical (unpaired) electrons. The zero-order chi connectivity index (χ0) is 8.74. The van der Waals surface area contributed by atoms with Crippen molar-refractivity contribution >= 4 is 28.2 Å². The van der Waals surface area contributed by atoms with Gasteiger partial charge in [-0.25, -0.2) is 0 Å². The Labute approximate surface area is 63.4 Å². The van der Waals surface area contributed by atoms with Gasteiger partial charge in [-0.05, 0) is 0 Å². The standard InChI is InChI=1S/C4H6O6Si/c1-11(8-2-5,9-3-6)10-4-7/h2-4H,1H3. The fourth-order valence-corrected chi connectivity index (χ4v) is 1.04. The SMILES string of the molecule is C[Si](OC=O)(OC=O)OC=O. The molecule has 0 aromatic carbocycles. The van der Waals surface area contributed by atoms with E-state index in [0.29, 0.717) is 0 Å². The van der Waals surface area contributed by atoms with Gasteiger partial charge in [0.25, 0.3) is 19.4 Å². The van der Waals surface area contributed by atoms with Crippen LogP contribution in [0.5, 0.6) is 0 Å². The maximum Gasteiger partial charge on any atom is 0.701 e. The minimum absolute atomic E-state index is 0.0548. The van der Waals surface area contributed by atoms with E-state index in [9.17, 15) is 14.4 Å². The van der Waals surface area contributed by atoms with Gasteiger partial charge in [-0.3, -0.25) is 14.4 Å². The number of carbonyl (C=O) groups excluding carboxylic acids is 3. The summed E-state index contributed by atoms with van der Waals surface area (Å²) < 4.78 is 12.8. The van der Waals surface area contributed by atoms with Crippen molar-refractivity contribution in [2.24, 2.45) is 0 Å². The second-order valence-corrected chi connectivity index (χ2v) is 3.94. The van der Waals surface area contributed by atoms with E-state index < -0.39 is 8.80 Å². The highest BCUT2D eigenvalue weighted by Crippen LogP contribution is 2.03. The fraction of sp³-hybridized carbons (Fsp3) is 0.250. The maximum atomic E-state index is 9.79. The summed E-state index contributed by atoms with van der Waals surface area (Å²) in [5.41, 5.74) is 0. The molecule has 11 heavy (non-hydrogen) atoms. The van der Waals surface area contributed by atoms with Crippen LogP contribution in [0.15, 0.2) is 0 Å². The van der Waals surface area contributed by atoms with Gasteiger partial charge in [0.05, 0.1) is 0 Å². The summed E-state index contributed by atoms with van der Waals surface area (Å²) in [5.74, 6) is 0. The van der Waals surface area contributed by atoms with E-state index in [1.807, 2.05) is 0 Å². The molecule has 0 heterocycles. The first-order valence-corrected chi connectivity index (χ1v) is 4.75. The van der Waals surface area contributed by atoms with Crippen LogP contribution in [0, 0.1) is 0 Å². The highest BCUT2D eigenvalue weighted by atomic mass is 28.4. The van der Waals surface area contributed by atoms with Gasteiger partial charge in [-0.15, -0.1) is 0 Å². The van der Waals surface area contributed by atoms with Crippen LogP contribution in [0.4, 0.5) is 0 Å². The lowest BCUT2D eigenvalue weighted by Crippen LogP contribution is -2.41. The van der Waals surface area contributed by atoms with Crippen LogP contribution in [0.2, 0.25) is 6.55 Å². The lowest BCUT2D eigenvalue weighted by molar-refractivity contribution is -0.134. The average Bonchev–Trinajstić information content (AvgIpc) is 1.88. The van der Waals surface area contributed by atoms with E-state index in [2.05, 4.69) is 13.3 Å². The molecule has 0 atom stereocenters. The molecule has 62 valence electrons. The molecule has 0 aliphatic rings. The predicted octanol–water partition coefficient (Wildman–Crippen LogP) is -0.926. The van der Waals surface area contributed by atoms with Gasteiger partial charge in [-0.1, -0.05) is 0 Å². The summed E-state index contributed by atoms with van der Waals surface area (Å²) in [6.45, 7) is 1.39. The minimum atomic E-state index is -3.35. The first-order valence-electron chi connectivity index (χ1n) is 2.53. The topological polar surface area (TPSA) is 78.9 Å². The van der Waals surface area contributed by atoms with Crippen LogP contribution in [-0.2, 0) is 27.7 Å². The zero-order valence-electron chi connectivity index (χ0n) is 5.68. The first-order chi connectivity index (χ1) is 5.18. The van der Waals surface area contributed by atoms with Crippen LogP contribution in [0.1, 0.15) is 0 Å². The van der Waals surface area contributed by atoms with Gasteiger partial charge in [-0.2, -0.15) is 0 Å². The zero-order valence-corrected chi connectivity index (χ0v) is 6.68. The van der Waals surface area contributed by atoms with Gasteiger partial charge >= 0.3 is 8.80 Å². The molecule has 0 aliphatic heterocycles. The van der Waals surface area contributed by atoms with E-state index in [0.717, 1.165) is 0 Å². The van der Waals surface area contributed by atoms with Crippen LogP contribution in [0.25, 0.3) is 0 Å². The van der Waals surface area contributed by atoms with E-state index in [1.165, 1.54) is 6.55 Å². The summed E-state index contributed by atoms with van der Waals surface area (Å²) in [6.07, 6.45) is 0. The molecule has 0 N–H and O–H groups in total. The number of hydrogen-bond acceptors (Lipinski definition) is 6. The monoisotopic (exact) mass is 178 g/mol. The molecule has 7 heteroatoms. The highest BCUT2D eigenvalue weighted by Gasteiger charge is 2.41. The average molecular weight is 178 g/mol. The molecule has 0 fully saturated rings. The van der Waals surface area contributed by atoms with Gasteiger partial charge in [0.1, 0.15) is 0 Å². The van der Waals surface area contributed by atoms with Crippen molar-refractivity contribution in [1.29, 1.82) is 0 Å². The molecule has 0 saturated heterocycles. The van der Waals surface area contributed by atoms with Crippen LogP contribution in [0.3, 0.4) is 0 Å². The summed E-state index contributed by atoms with van der Waals surface area (Å²) in [4.78, 5) is 29.4. The third kappa shape index (κ3) is 3.35. The van der Waals surface area contributed by atoms with Gasteiger partial charge in [0, 0.05) is 6.55 Å². The molecule has 6 nitrogen and oxygen atoms in total. The van der Waals surface area contributed by atoms with Crippen LogP contribution in [-0.4, -0.2) is 28.2 Å². The van der Waals surface area contributed by atoms with E-state index in [-0.39, 0.29) is 19.4 Å². The van der Waals surface area contributed by atoms with E-state index in [1.54, 1.807) is 0 Å². The molecule has 0 bridgehead atoms. The Morgan fingerprint density at radius 1 is 0.909 bits per heavy atom. The highest BCUT2D eigenvalue weighted by molar-refractivity contribution is 6.62. The van der Waals surface area contributed by atoms with Crippen molar-refractivity contribution in [3.63, 3.8) is 0 Å². The van der Waals surface area contributed by atoms with Crippen molar-refractivity contribution in [3.05, 3.63) is 0 Å². The molecule has 0 rings (SSSR count). The largest absolute Gasteiger partial charge is 0.701 e. The van der Waals surface area contributed by atoms with E-state index >= 15 is 0 Å². The van der Waals surface area contributed by atoms with Gasteiger partial charge in [0.2, 0.25) is 0 Å². The summed E-state index contributed by atoms with van der Waals surface area (Å²) in [7, 11) is -3.35. The first kappa shape index (κ1) is 9.63.